The highest BCUT2D eigenvalue weighted by Crippen LogP contribution is 2.24. The molecule has 0 aliphatic heterocycles. The quantitative estimate of drug-likeness (QED) is 0.819. The number of hydrogen-bond donors (Lipinski definition) is 1. The van der Waals surface area contributed by atoms with Crippen molar-refractivity contribution in [1.29, 1.82) is 0 Å². The summed E-state index contributed by atoms with van der Waals surface area (Å²) in [6.45, 7) is 4.24. The van der Waals surface area contributed by atoms with Gasteiger partial charge in [-0.05, 0) is 24.2 Å². The zero-order chi connectivity index (χ0) is 14.5. The van der Waals surface area contributed by atoms with Gasteiger partial charge < -0.3 is 10.2 Å². The van der Waals surface area contributed by atoms with Crippen LogP contribution >= 0.6 is 15.9 Å². The maximum absolute atomic E-state index is 11.2. The third-order valence-electron chi connectivity index (χ3n) is 2.82. The molecule has 0 aliphatic carbocycles. The average Bonchev–Trinajstić information content (AvgIpc) is 2.33. The van der Waals surface area contributed by atoms with Crippen LogP contribution in [0.15, 0.2) is 22.7 Å². The van der Waals surface area contributed by atoms with Gasteiger partial charge >= 0.3 is 0 Å². The summed E-state index contributed by atoms with van der Waals surface area (Å²) in [5.41, 5.74) is 2.22. The van der Waals surface area contributed by atoms with Gasteiger partial charge in [0.05, 0.1) is 5.75 Å². The van der Waals surface area contributed by atoms with Gasteiger partial charge in [-0.15, -0.1) is 0 Å². The molecule has 1 rings (SSSR count). The predicted molar refractivity (Wildman–Crippen MR) is 84.5 cm³/mol. The Hall–Kier alpha value is -0.590. The molecule has 0 atom stereocenters. The van der Waals surface area contributed by atoms with Crippen molar-refractivity contribution in [2.75, 3.05) is 37.0 Å². The summed E-state index contributed by atoms with van der Waals surface area (Å²) in [5, 5.41) is 3.29. The van der Waals surface area contributed by atoms with Crippen LogP contribution in [0.25, 0.3) is 0 Å². The number of nitrogens with one attached hydrogen (secondary N) is 1. The van der Waals surface area contributed by atoms with E-state index in [1.165, 1.54) is 11.8 Å². The summed E-state index contributed by atoms with van der Waals surface area (Å²) >= 11 is 3.46. The van der Waals surface area contributed by atoms with Gasteiger partial charge in [0.1, 0.15) is 9.84 Å². The SMILES string of the molecule is CCNCc1ccc(Br)cc1N(C)CCS(C)(=O)=O. The van der Waals surface area contributed by atoms with Crippen molar-refractivity contribution in [3.05, 3.63) is 28.2 Å². The fourth-order valence-electron chi connectivity index (χ4n) is 1.72. The number of benzene rings is 1. The van der Waals surface area contributed by atoms with Crippen molar-refractivity contribution in [1.82, 2.24) is 5.32 Å². The van der Waals surface area contributed by atoms with Gasteiger partial charge in [0, 0.05) is 36.6 Å². The van der Waals surface area contributed by atoms with E-state index in [0.717, 1.165) is 23.2 Å². The molecule has 0 spiro atoms. The van der Waals surface area contributed by atoms with Gasteiger partial charge in [0.2, 0.25) is 0 Å². The van der Waals surface area contributed by atoms with Crippen molar-refractivity contribution in [2.45, 2.75) is 13.5 Å². The molecule has 0 aliphatic rings. The maximum atomic E-state index is 11.2. The Morgan fingerprint density at radius 1 is 1.37 bits per heavy atom. The molecule has 1 aromatic rings. The smallest absolute Gasteiger partial charge is 0.149 e. The molecule has 4 nitrogen and oxygen atoms in total. The molecule has 0 heterocycles. The van der Waals surface area contributed by atoms with Gasteiger partial charge in [-0.25, -0.2) is 8.42 Å². The fraction of sp³-hybridized carbons (Fsp3) is 0.538. The van der Waals surface area contributed by atoms with E-state index < -0.39 is 9.84 Å². The van der Waals surface area contributed by atoms with Gasteiger partial charge in [-0.1, -0.05) is 28.9 Å². The largest absolute Gasteiger partial charge is 0.373 e. The Balaban J connectivity index is 2.86. The molecule has 108 valence electrons. The molecule has 0 amide bonds. The Bertz CT molecular complexity index is 517. The van der Waals surface area contributed by atoms with Crippen LogP contribution in [0.1, 0.15) is 12.5 Å². The summed E-state index contributed by atoms with van der Waals surface area (Å²) in [6.07, 6.45) is 1.27. The molecule has 0 fully saturated rings. The molecule has 0 bridgehead atoms. The Morgan fingerprint density at radius 2 is 2.05 bits per heavy atom. The summed E-state index contributed by atoms with van der Waals surface area (Å²) < 4.78 is 23.5. The number of hydrogen-bond acceptors (Lipinski definition) is 4. The monoisotopic (exact) mass is 348 g/mol. The minimum Gasteiger partial charge on any atom is -0.373 e. The molecule has 0 saturated heterocycles. The van der Waals surface area contributed by atoms with Gasteiger partial charge in [0.15, 0.2) is 0 Å². The molecule has 6 heteroatoms. The van der Waals surface area contributed by atoms with E-state index in [4.69, 9.17) is 0 Å². The van der Waals surface area contributed by atoms with Crippen molar-refractivity contribution in [3.8, 4) is 0 Å². The highest BCUT2D eigenvalue weighted by molar-refractivity contribution is 9.10. The lowest BCUT2D eigenvalue weighted by Crippen LogP contribution is -2.26. The molecular formula is C13H21BrN2O2S. The van der Waals surface area contributed by atoms with E-state index in [0.29, 0.717) is 6.54 Å². The van der Waals surface area contributed by atoms with Gasteiger partial charge in [-0.3, -0.25) is 0 Å². The van der Waals surface area contributed by atoms with Crippen molar-refractivity contribution < 1.29 is 8.42 Å². The van der Waals surface area contributed by atoms with E-state index in [9.17, 15) is 8.42 Å². The first-order valence-corrected chi connectivity index (χ1v) is 9.07. The van der Waals surface area contributed by atoms with Crippen LogP contribution in [-0.2, 0) is 16.4 Å². The van der Waals surface area contributed by atoms with E-state index >= 15 is 0 Å². The second-order valence-electron chi connectivity index (χ2n) is 4.60. The van der Waals surface area contributed by atoms with E-state index in [1.54, 1.807) is 0 Å². The van der Waals surface area contributed by atoms with Crippen molar-refractivity contribution in [2.24, 2.45) is 0 Å². The standard InChI is InChI=1S/C13H21BrN2O2S/c1-4-15-10-11-5-6-12(14)9-13(11)16(2)7-8-19(3,17)18/h5-6,9,15H,4,7-8,10H2,1-3H3. The van der Waals surface area contributed by atoms with Crippen LogP contribution in [0, 0.1) is 0 Å². The number of halogens is 1. The molecule has 19 heavy (non-hydrogen) atoms. The first-order chi connectivity index (χ1) is 8.83. The Morgan fingerprint density at radius 3 is 2.63 bits per heavy atom. The van der Waals surface area contributed by atoms with Gasteiger partial charge in [-0.2, -0.15) is 0 Å². The maximum Gasteiger partial charge on any atom is 0.149 e. The highest BCUT2D eigenvalue weighted by Gasteiger charge is 2.10. The van der Waals surface area contributed by atoms with Crippen LogP contribution < -0.4 is 10.2 Å². The van der Waals surface area contributed by atoms with Crippen molar-refractivity contribution >= 4 is 31.5 Å². The Labute approximate surface area is 124 Å². The van der Waals surface area contributed by atoms with E-state index in [-0.39, 0.29) is 5.75 Å². The average molecular weight is 349 g/mol. The number of anilines is 1. The van der Waals surface area contributed by atoms with Crippen LogP contribution in [0.4, 0.5) is 5.69 Å². The summed E-state index contributed by atoms with van der Waals surface area (Å²) in [6, 6.07) is 6.08. The lowest BCUT2D eigenvalue weighted by atomic mass is 10.1. The van der Waals surface area contributed by atoms with Gasteiger partial charge in [0.25, 0.3) is 0 Å². The minimum absolute atomic E-state index is 0.163. The second-order valence-corrected chi connectivity index (χ2v) is 7.78. The zero-order valence-corrected chi connectivity index (χ0v) is 14.0. The molecule has 0 unspecified atom stereocenters. The lowest BCUT2D eigenvalue weighted by Gasteiger charge is -2.22. The lowest BCUT2D eigenvalue weighted by molar-refractivity contribution is 0.601. The predicted octanol–water partition coefficient (Wildman–Crippen LogP) is 2.04. The van der Waals surface area contributed by atoms with E-state index in [2.05, 4.69) is 34.2 Å². The first kappa shape index (κ1) is 16.5. The number of rotatable bonds is 7. The van der Waals surface area contributed by atoms with Crippen molar-refractivity contribution in [3.63, 3.8) is 0 Å². The third-order valence-corrected chi connectivity index (χ3v) is 4.24. The zero-order valence-electron chi connectivity index (χ0n) is 11.6. The second kappa shape index (κ2) is 7.26. The highest BCUT2D eigenvalue weighted by atomic mass is 79.9. The summed E-state index contributed by atoms with van der Waals surface area (Å²) in [4.78, 5) is 1.98. The third kappa shape index (κ3) is 5.93. The molecule has 0 radical (unpaired) electrons. The topological polar surface area (TPSA) is 49.4 Å². The normalized spacial score (nSPS) is 11.6. The molecule has 0 saturated carbocycles. The fourth-order valence-corrected chi connectivity index (χ4v) is 2.68. The Kier molecular flexibility index (Phi) is 6.29. The number of nitrogens with zero attached hydrogens (tertiary/aromatic N) is 1. The molecule has 0 aromatic heterocycles. The summed E-state index contributed by atoms with van der Waals surface area (Å²) in [7, 11) is -1.02. The molecular weight excluding hydrogens is 328 g/mol. The summed E-state index contributed by atoms with van der Waals surface area (Å²) in [5.74, 6) is 0.163. The van der Waals surface area contributed by atoms with Crippen LogP contribution in [-0.4, -0.2) is 40.6 Å². The molecule has 1 aromatic carbocycles. The van der Waals surface area contributed by atoms with Crippen LogP contribution in [0.3, 0.4) is 0 Å². The first-order valence-electron chi connectivity index (χ1n) is 6.21. The number of sulfone groups is 1. The van der Waals surface area contributed by atoms with E-state index in [1.807, 2.05) is 24.1 Å². The minimum atomic E-state index is -2.94. The van der Waals surface area contributed by atoms with Crippen LogP contribution in [0.2, 0.25) is 0 Å². The van der Waals surface area contributed by atoms with Crippen LogP contribution in [0.5, 0.6) is 0 Å². The molecule has 1 N–H and O–H groups in total.